The number of ether oxygens (including phenoxy) is 1. The lowest BCUT2D eigenvalue weighted by Crippen LogP contribution is -2.34. The van der Waals surface area contributed by atoms with Gasteiger partial charge in [0, 0.05) is 37.7 Å². The van der Waals surface area contributed by atoms with E-state index in [1.54, 1.807) is 19.4 Å². The smallest absolute Gasteiger partial charge is 0.229 e. The van der Waals surface area contributed by atoms with E-state index in [0.29, 0.717) is 11.8 Å². The van der Waals surface area contributed by atoms with E-state index in [1.165, 1.54) is 0 Å². The standard InChI is InChI=1S/C11H13N5O/c1-17-10-2-3-13-11(14-10)16-7-6-15-5-4-12-9(15)8-16/h2-5H,6-8H2,1H3. The Labute approximate surface area is 98.9 Å². The topological polar surface area (TPSA) is 56.1 Å². The number of hydrogen-bond acceptors (Lipinski definition) is 5. The van der Waals surface area contributed by atoms with Crippen molar-refractivity contribution < 1.29 is 4.74 Å². The van der Waals surface area contributed by atoms with Crippen LogP contribution in [0.4, 0.5) is 5.95 Å². The van der Waals surface area contributed by atoms with Crippen LogP contribution in [0.1, 0.15) is 5.82 Å². The highest BCUT2D eigenvalue weighted by Crippen LogP contribution is 2.17. The van der Waals surface area contributed by atoms with Crippen LogP contribution in [0.15, 0.2) is 24.7 Å². The van der Waals surface area contributed by atoms with Gasteiger partial charge in [0.1, 0.15) is 5.82 Å². The molecular formula is C11H13N5O. The summed E-state index contributed by atoms with van der Waals surface area (Å²) in [6.07, 6.45) is 5.53. The molecule has 0 saturated heterocycles. The summed E-state index contributed by atoms with van der Waals surface area (Å²) in [6, 6.07) is 1.74. The first-order chi connectivity index (χ1) is 8.36. The van der Waals surface area contributed by atoms with Crippen LogP contribution in [0.3, 0.4) is 0 Å². The molecule has 0 bridgehead atoms. The van der Waals surface area contributed by atoms with Gasteiger partial charge in [-0.1, -0.05) is 0 Å². The zero-order valence-corrected chi connectivity index (χ0v) is 9.58. The number of aromatic nitrogens is 4. The lowest BCUT2D eigenvalue weighted by molar-refractivity contribution is 0.396. The number of nitrogens with zero attached hydrogens (tertiary/aromatic N) is 5. The molecule has 3 rings (SSSR count). The van der Waals surface area contributed by atoms with E-state index in [4.69, 9.17) is 4.74 Å². The summed E-state index contributed by atoms with van der Waals surface area (Å²) in [5.41, 5.74) is 0. The minimum absolute atomic E-state index is 0.587. The van der Waals surface area contributed by atoms with Gasteiger partial charge in [0.2, 0.25) is 11.8 Å². The van der Waals surface area contributed by atoms with E-state index in [-0.39, 0.29) is 0 Å². The fraction of sp³-hybridized carbons (Fsp3) is 0.364. The van der Waals surface area contributed by atoms with Gasteiger partial charge in [0.05, 0.1) is 13.7 Å². The number of rotatable bonds is 2. The fourth-order valence-corrected chi connectivity index (χ4v) is 1.94. The van der Waals surface area contributed by atoms with Crippen molar-refractivity contribution in [3.8, 4) is 5.88 Å². The predicted octanol–water partition coefficient (Wildman–Crippen LogP) is 0.702. The van der Waals surface area contributed by atoms with Gasteiger partial charge >= 0.3 is 0 Å². The van der Waals surface area contributed by atoms with Gasteiger partial charge in [-0.05, 0) is 0 Å². The predicted molar refractivity (Wildman–Crippen MR) is 61.9 cm³/mol. The monoisotopic (exact) mass is 231 g/mol. The molecule has 88 valence electrons. The second kappa shape index (κ2) is 4.04. The largest absolute Gasteiger partial charge is 0.481 e. The number of anilines is 1. The van der Waals surface area contributed by atoms with Crippen LogP contribution in [0, 0.1) is 0 Å². The van der Waals surface area contributed by atoms with Crippen molar-refractivity contribution in [2.75, 3.05) is 18.6 Å². The molecule has 1 aliphatic heterocycles. The lowest BCUT2D eigenvalue weighted by Gasteiger charge is -2.27. The highest BCUT2D eigenvalue weighted by atomic mass is 16.5. The molecule has 0 aromatic carbocycles. The Kier molecular flexibility index (Phi) is 2.40. The van der Waals surface area contributed by atoms with E-state index in [9.17, 15) is 0 Å². The van der Waals surface area contributed by atoms with Crippen molar-refractivity contribution in [1.82, 2.24) is 19.5 Å². The van der Waals surface area contributed by atoms with Crippen molar-refractivity contribution in [2.24, 2.45) is 0 Å². The van der Waals surface area contributed by atoms with Crippen molar-refractivity contribution in [1.29, 1.82) is 0 Å². The molecule has 0 spiro atoms. The van der Waals surface area contributed by atoms with Crippen molar-refractivity contribution >= 4 is 5.95 Å². The molecule has 2 aromatic rings. The fourth-order valence-electron chi connectivity index (χ4n) is 1.94. The molecule has 0 saturated carbocycles. The van der Waals surface area contributed by atoms with Crippen molar-refractivity contribution in [3.05, 3.63) is 30.5 Å². The molecule has 17 heavy (non-hydrogen) atoms. The molecular weight excluding hydrogens is 218 g/mol. The van der Waals surface area contributed by atoms with Crippen LogP contribution in [-0.4, -0.2) is 33.2 Å². The quantitative estimate of drug-likeness (QED) is 0.761. The normalized spacial score (nSPS) is 14.5. The van der Waals surface area contributed by atoms with Gasteiger partial charge < -0.3 is 14.2 Å². The molecule has 0 atom stereocenters. The highest BCUT2D eigenvalue weighted by Gasteiger charge is 2.18. The van der Waals surface area contributed by atoms with Crippen LogP contribution < -0.4 is 9.64 Å². The second-order valence-corrected chi connectivity index (χ2v) is 3.86. The van der Waals surface area contributed by atoms with Crippen LogP contribution >= 0.6 is 0 Å². The van der Waals surface area contributed by atoms with Gasteiger partial charge in [-0.3, -0.25) is 0 Å². The summed E-state index contributed by atoms with van der Waals surface area (Å²) in [4.78, 5) is 15.0. The Morgan fingerprint density at radius 1 is 1.24 bits per heavy atom. The molecule has 2 aromatic heterocycles. The Hall–Kier alpha value is -2.11. The first-order valence-electron chi connectivity index (χ1n) is 5.49. The third-order valence-electron chi connectivity index (χ3n) is 2.85. The third-order valence-corrected chi connectivity index (χ3v) is 2.85. The minimum atomic E-state index is 0.587. The van der Waals surface area contributed by atoms with Gasteiger partial charge in [-0.2, -0.15) is 4.98 Å². The second-order valence-electron chi connectivity index (χ2n) is 3.86. The molecule has 3 heterocycles. The average molecular weight is 231 g/mol. The first-order valence-corrected chi connectivity index (χ1v) is 5.49. The Morgan fingerprint density at radius 2 is 2.18 bits per heavy atom. The van der Waals surface area contributed by atoms with E-state index in [1.807, 2.05) is 12.4 Å². The summed E-state index contributed by atoms with van der Waals surface area (Å²) in [5, 5.41) is 0. The van der Waals surface area contributed by atoms with Crippen molar-refractivity contribution in [2.45, 2.75) is 13.1 Å². The number of imidazole rings is 1. The maximum absolute atomic E-state index is 5.10. The van der Waals surface area contributed by atoms with Crippen LogP contribution in [-0.2, 0) is 13.1 Å². The van der Waals surface area contributed by atoms with E-state index >= 15 is 0 Å². The molecule has 0 aliphatic carbocycles. The van der Waals surface area contributed by atoms with Crippen LogP contribution in [0.2, 0.25) is 0 Å². The molecule has 6 nitrogen and oxygen atoms in total. The Bertz CT molecular complexity index is 524. The summed E-state index contributed by atoms with van der Waals surface area (Å²) in [5.74, 6) is 2.32. The Balaban J connectivity index is 1.86. The Morgan fingerprint density at radius 3 is 3.06 bits per heavy atom. The molecule has 0 unspecified atom stereocenters. The van der Waals surface area contributed by atoms with E-state index in [0.717, 1.165) is 25.5 Å². The molecule has 0 radical (unpaired) electrons. The molecule has 0 fully saturated rings. The maximum atomic E-state index is 5.10. The van der Waals surface area contributed by atoms with E-state index in [2.05, 4.69) is 24.4 Å². The minimum Gasteiger partial charge on any atom is -0.481 e. The highest BCUT2D eigenvalue weighted by molar-refractivity contribution is 5.33. The van der Waals surface area contributed by atoms with Gasteiger partial charge in [0.15, 0.2) is 0 Å². The summed E-state index contributed by atoms with van der Waals surface area (Å²) >= 11 is 0. The zero-order valence-electron chi connectivity index (χ0n) is 9.58. The van der Waals surface area contributed by atoms with Crippen LogP contribution in [0.5, 0.6) is 5.88 Å². The number of methoxy groups -OCH3 is 1. The summed E-state index contributed by atoms with van der Waals surface area (Å²) in [6.45, 7) is 2.53. The lowest BCUT2D eigenvalue weighted by atomic mass is 10.4. The van der Waals surface area contributed by atoms with Gasteiger partial charge in [-0.25, -0.2) is 9.97 Å². The average Bonchev–Trinajstić information content (AvgIpc) is 2.86. The van der Waals surface area contributed by atoms with E-state index < -0.39 is 0 Å². The molecule has 0 N–H and O–H groups in total. The van der Waals surface area contributed by atoms with Gasteiger partial charge in [0.25, 0.3) is 0 Å². The van der Waals surface area contributed by atoms with Gasteiger partial charge in [-0.15, -0.1) is 0 Å². The summed E-state index contributed by atoms with van der Waals surface area (Å²) < 4.78 is 7.25. The maximum Gasteiger partial charge on any atom is 0.229 e. The number of fused-ring (bicyclic) bond motifs is 1. The SMILES string of the molecule is COc1ccnc(N2CCn3ccnc3C2)n1. The third kappa shape index (κ3) is 1.82. The van der Waals surface area contributed by atoms with Crippen LogP contribution in [0.25, 0.3) is 0 Å². The molecule has 0 amide bonds. The molecule has 1 aliphatic rings. The zero-order chi connectivity index (χ0) is 11.7. The number of hydrogen-bond donors (Lipinski definition) is 0. The summed E-state index contributed by atoms with van der Waals surface area (Å²) in [7, 11) is 1.61. The van der Waals surface area contributed by atoms with Crippen molar-refractivity contribution in [3.63, 3.8) is 0 Å². The molecule has 6 heteroatoms. The first kappa shape index (κ1) is 10.1.